The Bertz CT molecular complexity index is 930. The number of nitrogens with zero attached hydrogens (tertiary/aromatic N) is 2. The zero-order valence-corrected chi connectivity index (χ0v) is 14.6. The molecule has 0 atom stereocenters. The fraction of sp³-hybridized carbons (Fsp3) is 0.167. The van der Waals surface area contributed by atoms with Gasteiger partial charge in [-0.1, -0.05) is 29.8 Å². The lowest BCUT2D eigenvalue weighted by Gasteiger charge is -2.08. The second kappa shape index (κ2) is 7.97. The number of carbonyl (C=O) groups is 1. The number of H-pyrrole nitrogens is 1. The van der Waals surface area contributed by atoms with Gasteiger partial charge in [0, 0.05) is 5.56 Å². The van der Waals surface area contributed by atoms with Crippen molar-refractivity contribution in [3.63, 3.8) is 0 Å². The van der Waals surface area contributed by atoms with Crippen LogP contribution < -0.4 is 4.74 Å². The number of nitrogens with one attached hydrogen (secondary N) is 1. The topological polar surface area (TPSA) is 77.1 Å². The summed E-state index contributed by atoms with van der Waals surface area (Å²) in [7, 11) is 0. The Kier molecular flexibility index (Phi) is 5.48. The number of aromatic amines is 1. The molecule has 0 radical (unpaired) electrons. The van der Waals surface area contributed by atoms with Gasteiger partial charge in [0.2, 0.25) is 0 Å². The number of hydrogen-bond acceptors (Lipinski definition) is 5. The quantitative estimate of drug-likeness (QED) is 0.658. The molecule has 0 fully saturated rings. The van der Waals surface area contributed by atoms with Crippen LogP contribution in [0.2, 0.25) is 5.02 Å². The van der Waals surface area contributed by atoms with Crippen molar-refractivity contribution in [2.75, 3.05) is 6.61 Å². The molecular formula is C18H15ClFN3O3. The van der Waals surface area contributed by atoms with Crippen LogP contribution >= 0.6 is 11.6 Å². The normalized spacial score (nSPS) is 10.6. The third-order valence-electron chi connectivity index (χ3n) is 3.51. The summed E-state index contributed by atoms with van der Waals surface area (Å²) in [5.74, 6) is -0.473. The summed E-state index contributed by atoms with van der Waals surface area (Å²) in [6.07, 6.45) is 0. The van der Waals surface area contributed by atoms with Crippen LogP contribution in [0.4, 0.5) is 4.39 Å². The monoisotopic (exact) mass is 375 g/mol. The van der Waals surface area contributed by atoms with Crippen LogP contribution in [0, 0.1) is 5.82 Å². The van der Waals surface area contributed by atoms with Crippen LogP contribution in [-0.2, 0) is 11.3 Å². The predicted molar refractivity (Wildman–Crippen MR) is 93.5 cm³/mol. The lowest BCUT2D eigenvalue weighted by atomic mass is 10.1. The number of hydrogen-bond donors (Lipinski definition) is 1. The van der Waals surface area contributed by atoms with E-state index in [9.17, 15) is 9.18 Å². The Morgan fingerprint density at radius 3 is 2.85 bits per heavy atom. The predicted octanol–water partition coefficient (Wildman–Crippen LogP) is 4.02. The summed E-state index contributed by atoms with van der Waals surface area (Å²) in [5.41, 5.74) is 1.86. The zero-order valence-electron chi connectivity index (χ0n) is 13.8. The minimum absolute atomic E-state index is 0.0431. The maximum absolute atomic E-state index is 13.2. The van der Waals surface area contributed by atoms with E-state index in [2.05, 4.69) is 15.4 Å². The molecule has 1 heterocycles. The molecule has 0 amide bonds. The Balaban J connectivity index is 1.77. The molecule has 3 rings (SSSR count). The minimum atomic E-state index is -0.552. The number of benzene rings is 2. The largest absolute Gasteiger partial charge is 0.489 e. The molecule has 1 N–H and O–H groups in total. The molecule has 0 aliphatic carbocycles. The lowest BCUT2D eigenvalue weighted by molar-refractivity contribution is 0.0520. The molecule has 3 aromatic rings. The van der Waals surface area contributed by atoms with Crippen molar-refractivity contribution in [1.82, 2.24) is 15.4 Å². The van der Waals surface area contributed by atoms with E-state index in [-0.39, 0.29) is 23.9 Å². The van der Waals surface area contributed by atoms with Crippen molar-refractivity contribution < 1.29 is 18.7 Å². The van der Waals surface area contributed by atoms with Gasteiger partial charge in [-0.05, 0) is 36.8 Å². The van der Waals surface area contributed by atoms with E-state index in [0.29, 0.717) is 17.0 Å². The molecule has 8 heteroatoms. The van der Waals surface area contributed by atoms with Gasteiger partial charge in [-0.2, -0.15) is 10.3 Å². The summed E-state index contributed by atoms with van der Waals surface area (Å²) in [6.45, 7) is 2.18. The van der Waals surface area contributed by atoms with Crippen molar-refractivity contribution in [3.05, 3.63) is 64.6 Å². The number of rotatable bonds is 6. The molecule has 2 aromatic carbocycles. The minimum Gasteiger partial charge on any atom is -0.489 e. The van der Waals surface area contributed by atoms with Gasteiger partial charge in [0.1, 0.15) is 23.9 Å². The second-order valence-corrected chi connectivity index (χ2v) is 5.71. The van der Waals surface area contributed by atoms with Crippen LogP contribution in [0.3, 0.4) is 0 Å². The molecular weight excluding hydrogens is 361 g/mol. The third-order valence-corrected chi connectivity index (χ3v) is 3.80. The summed E-state index contributed by atoms with van der Waals surface area (Å²) < 4.78 is 23.9. The third kappa shape index (κ3) is 4.00. The molecule has 0 spiro atoms. The molecule has 0 saturated carbocycles. The van der Waals surface area contributed by atoms with Gasteiger partial charge >= 0.3 is 5.97 Å². The first kappa shape index (κ1) is 17.9. The van der Waals surface area contributed by atoms with E-state index in [0.717, 1.165) is 5.56 Å². The Morgan fingerprint density at radius 2 is 2.08 bits per heavy atom. The van der Waals surface area contributed by atoms with Gasteiger partial charge in [0.25, 0.3) is 0 Å². The lowest BCUT2D eigenvalue weighted by Crippen LogP contribution is -2.06. The highest BCUT2D eigenvalue weighted by molar-refractivity contribution is 6.30. The van der Waals surface area contributed by atoms with Crippen LogP contribution in [0.15, 0.2) is 42.5 Å². The molecule has 1 aromatic heterocycles. The Labute approximate surface area is 153 Å². The summed E-state index contributed by atoms with van der Waals surface area (Å²) in [4.78, 5) is 11.9. The maximum atomic E-state index is 13.2. The van der Waals surface area contributed by atoms with Crippen LogP contribution in [0.25, 0.3) is 11.3 Å². The van der Waals surface area contributed by atoms with Crippen molar-refractivity contribution in [3.8, 4) is 17.0 Å². The van der Waals surface area contributed by atoms with E-state index >= 15 is 0 Å². The zero-order chi connectivity index (χ0) is 18.5. The molecule has 6 nitrogen and oxygen atoms in total. The fourth-order valence-electron chi connectivity index (χ4n) is 2.30. The first-order valence-electron chi connectivity index (χ1n) is 7.83. The summed E-state index contributed by atoms with van der Waals surface area (Å²) in [5, 5.41) is 10.3. The molecule has 0 bridgehead atoms. The van der Waals surface area contributed by atoms with E-state index in [1.807, 2.05) is 0 Å². The first-order valence-corrected chi connectivity index (χ1v) is 8.21. The van der Waals surface area contributed by atoms with Gasteiger partial charge in [-0.3, -0.25) is 0 Å². The van der Waals surface area contributed by atoms with Gasteiger partial charge < -0.3 is 9.47 Å². The Morgan fingerprint density at radius 1 is 1.23 bits per heavy atom. The van der Waals surface area contributed by atoms with Crippen molar-refractivity contribution in [1.29, 1.82) is 0 Å². The maximum Gasteiger partial charge on any atom is 0.361 e. The first-order chi connectivity index (χ1) is 12.6. The number of carbonyl (C=O) groups excluding carboxylic acids is 1. The van der Waals surface area contributed by atoms with E-state index < -0.39 is 11.8 Å². The van der Waals surface area contributed by atoms with Crippen molar-refractivity contribution >= 4 is 17.6 Å². The van der Waals surface area contributed by atoms with Gasteiger partial charge in [0.05, 0.1) is 11.6 Å². The van der Waals surface area contributed by atoms with Crippen molar-refractivity contribution in [2.24, 2.45) is 0 Å². The second-order valence-electron chi connectivity index (χ2n) is 5.31. The van der Waals surface area contributed by atoms with E-state index in [1.165, 1.54) is 12.1 Å². The average molecular weight is 376 g/mol. The molecule has 134 valence electrons. The van der Waals surface area contributed by atoms with Crippen LogP contribution in [-0.4, -0.2) is 28.0 Å². The van der Waals surface area contributed by atoms with E-state index in [1.54, 1.807) is 37.3 Å². The molecule has 26 heavy (non-hydrogen) atoms. The van der Waals surface area contributed by atoms with E-state index in [4.69, 9.17) is 21.1 Å². The number of halogens is 2. The van der Waals surface area contributed by atoms with Crippen molar-refractivity contribution in [2.45, 2.75) is 13.5 Å². The summed E-state index contributed by atoms with van der Waals surface area (Å²) >= 11 is 5.77. The molecule has 0 saturated heterocycles. The highest BCUT2D eigenvalue weighted by Gasteiger charge is 2.19. The molecule has 0 unspecified atom stereocenters. The average Bonchev–Trinajstić information content (AvgIpc) is 3.13. The van der Waals surface area contributed by atoms with Crippen LogP contribution in [0.5, 0.6) is 5.75 Å². The number of esters is 1. The highest BCUT2D eigenvalue weighted by atomic mass is 35.5. The molecule has 0 aliphatic rings. The number of ether oxygens (including phenoxy) is 2. The SMILES string of the molecule is CCOC(=O)c1n[nH]nc1-c1cccc(OCc2ccc(F)c(Cl)c2)c1. The molecule has 0 aliphatic heterocycles. The smallest absolute Gasteiger partial charge is 0.361 e. The van der Waals surface area contributed by atoms with Gasteiger partial charge in [-0.25, -0.2) is 9.18 Å². The van der Waals surface area contributed by atoms with Gasteiger partial charge in [-0.15, -0.1) is 5.10 Å². The van der Waals surface area contributed by atoms with Gasteiger partial charge in [0.15, 0.2) is 5.69 Å². The Hall–Kier alpha value is -2.93. The highest BCUT2D eigenvalue weighted by Crippen LogP contribution is 2.25. The summed E-state index contributed by atoms with van der Waals surface area (Å²) in [6, 6.07) is 11.4. The van der Waals surface area contributed by atoms with Crippen LogP contribution in [0.1, 0.15) is 23.0 Å². The fourth-order valence-corrected chi connectivity index (χ4v) is 2.51. The standard InChI is InChI=1S/C18H15ClFN3O3/c1-2-25-18(24)17-16(21-23-22-17)12-4-3-5-13(9-12)26-10-11-6-7-15(20)14(19)8-11/h3-9H,2,10H2,1H3,(H,21,22,23). The number of aromatic nitrogens is 3.